The third kappa shape index (κ3) is 3.34. The molecule has 5 heteroatoms. The maximum atomic E-state index is 10.1. The number of hydrogen-bond acceptors (Lipinski definition) is 3. The second-order valence-corrected chi connectivity index (χ2v) is 6.90. The second-order valence-electron chi connectivity index (χ2n) is 6.05. The Kier molecular flexibility index (Phi) is 4.69. The third-order valence-corrected chi connectivity index (χ3v) is 4.94. The predicted molar refractivity (Wildman–Crippen MR) is 111 cm³/mol. The number of methoxy groups -OCH3 is 1. The number of aromatic amines is 1. The molecular formula is C22H17BrN2O2. The Hall–Kier alpha value is -3.05. The Bertz CT molecular complexity index is 1020. The number of phenols is 1. The largest absolute Gasteiger partial charge is 0.503 e. The predicted octanol–water partition coefficient (Wildman–Crippen LogP) is 5.89. The minimum Gasteiger partial charge on any atom is -0.503 e. The van der Waals surface area contributed by atoms with Gasteiger partial charge in [0.25, 0.3) is 0 Å². The van der Waals surface area contributed by atoms with Crippen molar-refractivity contribution in [3.8, 4) is 45.4 Å². The average molecular weight is 421 g/mol. The van der Waals surface area contributed by atoms with Crippen LogP contribution in [0.5, 0.6) is 11.5 Å². The molecule has 4 nitrogen and oxygen atoms in total. The van der Waals surface area contributed by atoms with E-state index in [9.17, 15) is 5.11 Å². The van der Waals surface area contributed by atoms with Crippen molar-refractivity contribution in [1.29, 1.82) is 0 Å². The number of hydrogen-bond donors (Lipinski definition) is 2. The molecule has 0 aliphatic rings. The molecule has 0 saturated heterocycles. The Balaban J connectivity index is 1.92. The van der Waals surface area contributed by atoms with E-state index in [0.29, 0.717) is 16.0 Å². The SMILES string of the molecule is COc1cc(-c2nc(-c3ccccc3)c(-c3ccccc3)[nH]2)cc(Br)c1O. The molecule has 0 saturated carbocycles. The highest BCUT2D eigenvalue weighted by Crippen LogP contribution is 2.39. The van der Waals surface area contributed by atoms with Gasteiger partial charge in [0, 0.05) is 16.7 Å². The van der Waals surface area contributed by atoms with Crippen LogP contribution in [0.15, 0.2) is 77.3 Å². The lowest BCUT2D eigenvalue weighted by molar-refractivity contribution is 0.372. The van der Waals surface area contributed by atoms with Crippen molar-refractivity contribution in [3.05, 3.63) is 77.3 Å². The van der Waals surface area contributed by atoms with Crippen LogP contribution < -0.4 is 4.74 Å². The number of aromatic hydroxyl groups is 1. The van der Waals surface area contributed by atoms with Crippen LogP contribution in [0.1, 0.15) is 0 Å². The topological polar surface area (TPSA) is 58.1 Å². The number of phenolic OH excluding ortho intramolecular Hbond substituents is 1. The fourth-order valence-electron chi connectivity index (χ4n) is 2.99. The maximum Gasteiger partial charge on any atom is 0.172 e. The van der Waals surface area contributed by atoms with Crippen molar-refractivity contribution < 1.29 is 9.84 Å². The van der Waals surface area contributed by atoms with Crippen molar-refractivity contribution in [3.63, 3.8) is 0 Å². The molecule has 134 valence electrons. The Morgan fingerprint density at radius 3 is 2.15 bits per heavy atom. The number of nitrogens with zero attached hydrogens (tertiary/aromatic N) is 1. The first kappa shape index (κ1) is 17.4. The van der Waals surface area contributed by atoms with E-state index in [2.05, 4.69) is 33.0 Å². The van der Waals surface area contributed by atoms with Gasteiger partial charge in [0.2, 0.25) is 0 Å². The van der Waals surface area contributed by atoms with E-state index in [-0.39, 0.29) is 5.75 Å². The Morgan fingerprint density at radius 2 is 1.52 bits per heavy atom. The number of ether oxygens (including phenoxy) is 1. The zero-order valence-electron chi connectivity index (χ0n) is 14.6. The lowest BCUT2D eigenvalue weighted by Crippen LogP contribution is -1.88. The molecule has 27 heavy (non-hydrogen) atoms. The van der Waals surface area contributed by atoms with Crippen LogP contribution in [-0.4, -0.2) is 22.2 Å². The molecule has 3 aromatic carbocycles. The van der Waals surface area contributed by atoms with Crippen LogP contribution in [0.2, 0.25) is 0 Å². The summed E-state index contributed by atoms with van der Waals surface area (Å²) >= 11 is 3.38. The summed E-state index contributed by atoms with van der Waals surface area (Å²) in [7, 11) is 1.53. The first-order valence-electron chi connectivity index (χ1n) is 8.45. The number of aromatic nitrogens is 2. The monoisotopic (exact) mass is 420 g/mol. The van der Waals surface area contributed by atoms with Gasteiger partial charge in [-0.25, -0.2) is 4.98 Å². The van der Waals surface area contributed by atoms with Gasteiger partial charge in [-0.1, -0.05) is 60.7 Å². The molecule has 1 aromatic heterocycles. The minimum absolute atomic E-state index is 0.0689. The molecule has 0 spiro atoms. The molecule has 0 aliphatic carbocycles. The zero-order valence-corrected chi connectivity index (χ0v) is 16.2. The van der Waals surface area contributed by atoms with E-state index in [1.54, 1.807) is 6.07 Å². The standard InChI is InChI=1S/C22H17BrN2O2/c1-27-18-13-16(12-17(23)21(18)26)22-24-19(14-8-4-2-5-9-14)20(25-22)15-10-6-3-7-11-15/h2-13,26H,1H3,(H,24,25). The highest BCUT2D eigenvalue weighted by molar-refractivity contribution is 9.10. The van der Waals surface area contributed by atoms with Crippen LogP contribution in [0.25, 0.3) is 33.9 Å². The number of rotatable bonds is 4. The van der Waals surface area contributed by atoms with Gasteiger partial charge < -0.3 is 14.8 Å². The summed E-state index contributed by atoms with van der Waals surface area (Å²) in [5.74, 6) is 1.16. The summed E-state index contributed by atoms with van der Waals surface area (Å²) in [4.78, 5) is 8.30. The number of imidazole rings is 1. The van der Waals surface area contributed by atoms with Crippen molar-refractivity contribution in [2.75, 3.05) is 7.11 Å². The molecule has 0 radical (unpaired) electrons. The molecule has 2 N–H and O–H groups in total. The smallest absolute Gasteiger partial charge is 0.172 e. The zero-order chi connectivity index (χ0) is 18.8. The first-order valence-corrected chi connectivity index (χ1v) is 9.24. The quantitative estimate of drug-likeness (QED) is 0.432. The third-order valence-electron chi connectivity index (χ3n) is 4.34. The summed E-state index contributed by atoms with van der Waals surface area (Å²) in [6, 6.07) is 23.8. The van der Waals surface area contributed by atoms with Crippen molar-refractivity contribution in [2.24, 2.45) is 0 Å². The van der Waals surface area contributed by atoms with Crippen molar-refractivity contribution in [2.45, 2.75) is 0 Å². The van der Waals surface area contributed by atoms with Crippen molar-refractivity contribution in [1.82, 2.24) is 9.97 Å². The molecule has 0 aliphatic heterocycles. The van der Waals surface area contributed by atoms with Crippen LogP contribution >= 0.6 is 15.9 Å². The molecule has 4 rings (SSSR count). The Morgan fingerprint density at radius 1 is 0.889 bits per heavy atom. The van der Waals surface area contributed by atoms with E-state index >= 15 is 0 Å². The summed E-state index contributed by atoms with van der Waals surface area (Å²) in [6.07, 6.45) is 0. The van der Waals surface area contributed by atoms with Crippen LogP contribution in [0.3, 0.4) is 0 Å². The molecule has 1 heterocycles. The van der Waals surface area contributed by atoms with E-state index in [1.165, 1.54) is 7.11 Å². The molecule has 0 unspecified atom stereocenters. The minimum atomic E-state index is 0.0689. The average Bonchev–Trinajstić information content (AvgIpc) is 3.17. The van der Waals surface area contributed by atoms with Gasteiger partial charge in [-0.15, -0.1) is 0 Å². The fourth-order valence-corrected chi connectivity index (χ4v) is 3.44. The van der Waals surface area contributed by atoms with Crippen molar-refractivity contribution >= 4 is 15.9 Å². The molecule has 4 aromatic rings. The highest BCUT2D eigenvalue weighted by atomic mass is 79.9. The van der Waals surface area contributed by atoms with Crippen LogP contribution in [0.4, 0.5) is 0 Å². The van der Waals surface area contributed by atoms with Gasteiger partial charge in [-0.2, -0.15) is 0 Å². The lowest BCUT2D eigenvalue weighted by atomic mass is 10.1. The van der Waals surface area contributed by atoms with E-state index in [0.717, 1.165) is 28.1 Å². The summed E-state index contributed by atoms with van der Waals surface area (Å²) in [6.45, 7) is 0. The van der Waals surface area contributed by atoms with Gasteiger partial charge in [-0.05, 0) is 28.1 Å². The van der Waals surface area contributed by atoms with Gasteiger partial charge in [-0.3, -0.25) is 0 Å². The number of halogens is 1. The van der Waals surface area contributed by atoms with Crippen LogP contribution in [0, 0.1) is 0 Å². The van der Waals surface area contributed by atoms with E-state index in [1.807, 2.05) is 54.6 Å². The number of benzene rings is 3. The number of H-pyrrole nitrogens is 1. The van der Waals surface area contributed by atoms with Gasteiger partial charge in [0.15, 0.2) is 11.5 Å². The number of nitrogens with one attached hydrogen (secondary N) is 1. The lowest BCUT2D eigenvalue weighted by Gasteiger charge is -2.07. The molecular weight excluding hydrogens is 404 g/mol. The van der Waals surface area contributed by atoms with E-state index < -0.39 is 0 Å². The van der Waals surface area contributed by atoms with Gasteiger partial charge >= 0.3 is 0 Å². The second kappa shape index (κ2) is 7.29. The summed E-state index contributed by atoms with van der Waals surface area (Å²) < 4.78 is 5.82. The van der Waals surface area contributed by atoms with Gasteiger partial charge in [0.1, 0.15) is 5.82 Å². The molecule has 0 bridgehead atoms. The summed E-state index contributed by atoms with van der Waals surface area (Å²) in [5.41, 5.74) is 4.72. The molecule has 0 atom stereocenters. The van der Waals surface area contributed by atoms with Gasteiger partial charge in [0.05, 0.1) is 23.0 Å². The summed E-state index contributed by atoms with van der Waals surface area (Å²) in [5, 5.41) is 10.1. The molecule has 0 amide bonds. The Labute approximate surface area is 165 Å². The normalized spacial score (nSPS) is 10.7. The molecule has 0 fully saturated rings. The van der Waals surface area contributed by atoms with E-state index in [4.69, 9.17) is 9.72 Å². The van der Waals surface area contributed by atoms with Crippen LogP contribution in [-0.2, 0) is 0 Å². The highest BCUT2D eigenvalue weighted by Gasteiger charge is 2.17. The fraction of sp³-hybridized carbons (Fsp3) is 0.0455. The maximum absolute atomic E-state index is 10.1. The first-order chi connectivity index (χ1) is 13.2.